The summed E-state index contributed by atoms with van der Waals surface area (Å²) >= 11 is 0. The number of rotatable bonds is 10. The van der Waals surface area contributed by atoms with Gasteiger partial charge in [-0.1, -0.05) is 6.92 Å². The zero-order valence-corrected chi connectivity index (χ0v) is 10.6. The SMILES string of the molecule is CCC(=O)CCC(N)(CCC(=O)O)CCC(=O)O. The highest BCUT2D eigenvalue weighted by molar-refractivity contribution is 5.78. The summed E-state index contributed by atoms with van der Waals surface area (Å²) in [5, 5.41) is 17.3. The van der Waals surface area contributed by atoms with Crippen molar-refractivity contribution in [2.45, 2.75) is 57.4 Å². The van der Waals surface area contributed by atoms with Crippen LogP contribution in [-0.2, 0) is 14.4 Å². The molecule has 0 aromatic carbocycles. The molecule has 0 bridgehead atoms. The Morgan fingerprint density at radius 2 is 1.33 bits per heavy atom. The van der Waals surface area contributed by atoms with Crippen LogP contribution in [-0.4, -0.2) is 33.5 Å². The zero-order valence-electron chi connectivity index (χ0n) is 10.6. The van der Waals surface area contributed by atoms with E-state index in [2.05, 4.69) is 0 Å². The van der Waals surface area contributed by atoms with E-state index in [0.717, 1.165) is 0 Å². The Kier molecular flexibility index (Phi) is 7.19. The Labute approximate surface area is 106 Å². The lowest BCUT2D eigenvalue weighted by Crippen LogP contribution is -2.41. The normalized spacial score (nSPS) is 11.2. The van der Waals surface area contributed by atoms with Crippen LogP contribution in [0.3, 0.4) is 0 Å². The van der Waals surface area contributed by atoms with E-state index in [-0.39, 0.29) is 37.9 Å². The highest BCUT2D eigenvalue weighted by Gasteiger charge is 2.27. The summed E-state index contributed by atoms with van der Waals surface area (Å²) in [6.07, 6.45) is 1.16. The average Bonchev–Trinajstić information content (AvgIpc) is 2.31. The maximum Gasteiger partial charge on any atom is 0.303 e. The van der Waals surface area contributed by atoms with Gasteiger partial charge in [0, 0.05) is 31.2 Å². The van der Waals surface area contributed by atoms with E-state index in [4.69, 9.17) is 15.9 Å². The highest BCUT2D eigenvalue weighted by Crippen LogP contribution is 2.23. The molecule has 0 unspecified atom stereocenters. The number of ketones is 1. The number of carboxylic acids is 2. The molecule has 0 aliphatic carbocycles. The number of hydrogen-bond donors (Lipinski definition) is 3. The van der Waals surface area contributed by atoms with Crippen LogP contribution >= 0.6 is 0 Å². The van der Waals surface area contributed by atoms with Crippen LogP contribution in [0.1, 0.15) is 51.9 Å². The predicted molar refractivity (Wildman–Crippen MR) is 65.2 cm³/mol. The first kappa shape index (κ1) is 16.6. The van der Waals surface area contributed by atoms with Crippen LogP contribution in [0, 0.1) is 0 Å². The number of carbonyl (C=O) groups is 3. The molecule has 104 valence electrons. The molecule has 6 heteroatoms. The predicted octanol–water partition coefficient (Wildman–Crippen LogP) is 1.17. The summed E-state index contributed by atoms with van der Waals surface area (Å²) in [5.41, 5.74) is 5.13. The third-order valence-corrected chi connectivity index (χ3v) is 2.97. The van der Waals surface area contributed by atoms with Gasteiger partial charge in [0.1, 0.15) is 5.78 Å². The molecular weight excluding hydrogens is 238 g/mol. The molecule has 0 saturated heterocycles. The highest BCUT2D eigenvalue weighted by atomic mass is 16.4. The number of hydrogen-bond acceptors (Lipinski definition) is 4. The largest absolute Gasteiger partial charge is 0.481 e. The molecule has 18 heavy (non-hydrogen) atoms. The van der Waals surface area contributed by atoms with Crippen molar-refractivity contribution in [3.63, 3.8) is 0 Å². The molecule has 0 amide bonds. The molecule has 0 atom stereocenters. The fourth-order valence-corrected chi connectivity index (χ4v) is 1.65. The molecule has 6 nitrogen and oxygen atoms in total. The second kappa shape index (κ2) is 7.81. The molecular formula is C12H21NO5. The van der Waals surface area contributed by atoms with Crippen molar-refractivity contribution in [2.75, 3.05) is 0 Å². The van der Waals surface area contributed by atoms with Crippen LogP contribution in [0.5, 0.6) is 0 Å². The monoisotopic (exact) mass is 259 g/mol. The van der Waals surface area contributed by atoms with Gasteiger partial charge in [-0.05, 0) is 19.3 Å². The maximum atomic E-state index is 11.2. The number of nitrogens with two attached hydrogens (primary N) is 1. The number of Topliss-reactive ketones (excluding diaryl/α,β-unsaturated/α-hetero) is 1. The first-order chi connectivity index (χ1) is 8.29. The second-order valence-electron chi connectivity index (χ2n) is 4.54. The molecule has 0 fully saturated rings. The molecule has 0 aliphatic rings. The lowest BCUT2D eigenvalue weighted by atomic mass is 9.84. The molecule has 0 aromatic heterocycles. The van der Waals surface area contributed by atoms with Crippen molar-refractivity contribution >= 4 is 17.7 Å². The first-order valence-electron chi connectivity index (χ1n) is 6.03. The maximum absolute atomic E-state index is 11.2. The van der Waals surface area contributed by atoms with E-state index in [1.54, 1.807) is 6.92 Å². The summed E-state index contributed by atoms with van der Waals surface area (Å²) in [6.45, 7) is 1.75. The molecule has 0 saturated carbocycles. The van der Waals surface area contributed by atoms with Crippen molar-refractivity contribution in [1.82, 2.24) is 0 Å². The number of aliphatic carboxylic acids is 2. The van der Waals surface area contributed by atoms with E-state index in [1.165, 1.54) is 0 Å². The topological polar surface area (TPSA) is 118 Å². The van der Waals surface area contributed by atoms with E-state index >= 15 is 0 Å². The van der Waals surface area contributed by atoms with Gasteiger partial charge >= 0.3 is 11.9 Å². The fraction of sp³-hybridized carbons (Fsp3) is 0.750. The summed E-state index contributed by atoms with van der Waals surface area (Å²) in [5.74, 6) is -1.89. The van der Waals surface area contributed by atoms with Crippen LogP contribution in [0.4, 0.5) is 0 Å². The minimum absolute atomic E-state index is 0.0514. The Balaban J connectivity index is 4.41. The van der Waals surface area contributed by atoms with Gasteiger partial charge in [-0.2, -0.15) is 0 Å². The van der Waals surface area contributed by atoms with Crippen molar-refractivity contribution in [3.05, 3.63) is 0 Å². The minimum Gasteiger partial charge on any atom is -0.481 e. The summed E-state index contributed by atoms with van der Waals surface area (Å²) in [6, 6.07) is 0. The van der Waals surface area contributed by atoms with Gasteiger partial charge in [0.05, 0.1) is 0 Å². The van der Waals surface area contributed by atoms with Gasteiger partial charge in [-0.25, -0.2) is 0 Å². The Bertz CT molecular complexity index is 296. The van der Waals surface area contributed by atoms with Crippen molar-refractivity contribution in [2.24, 2.45) is 5.73 Å². The number of carboxylic acid groups (broad SMARTS) is 2. The van der Waals surface area contributed by atoms with Crippen LogP contribution in [0.15, 0.2) is 0 Å². The quantitative estimate of drug-likeness (QED) is 0.542. The summed E-state index contributed by atoms with van der Waals surface area (Å²) in [4.78, 5) is 32.3. The van der Waals surface area contributed by atoms with Gasteiger partial charge in [0.25, 0.3) is 0 Å². The van der Waals surface area contributed by atoms with Gasteiger partial charge < -0.3 is 15.9 Å². The Morgan fingerprint density at radius 1 is 0.944 bits per heavy atom. The average molecular weight is 259 g/mol. The van der Waals surface area contributed by atoms with Crippen molar-refractivity contribution in [3.8, 4) is 0 Å². The van der Waals surface area contributed by atoms with Crippen LogP contribution in [0.2, 0.25) is 0 Å². The molecule has 0 heterocycles. The Hall–Kier alpha value is -1.43. The molecule has 0 aliphatic heterocycles. The molecule has 0 radical (unpaired) electrons. The summed E-state index contributed by atoms with van der Waals surface area (Å²) < 4.78 is 0. The van der Waals surface area contributed by atoms with Gasteiger partial charge in [0.15, 0.2) is 0 Å². The minimum atomic E-state index is -0.970. The van der Waals surface area contributed by atoms with Crippen LogP contribution in [0.25, 0.3) is 0 Å². The van der Waals surface area contributed by atoms with Gasteiger partial charge in [-0.15, -0.1) is 0 Å². The smallest absolute Gasteiger partial charge is 0.303 e. The lowest BCUT2D eigenvalue weighted by molar-refractivity contribution is -0.137. The standard InChI is InChI=1S/C12H21NO5/c1-2-9(14)3-6-12(13,7-4-10(15)16)8-5-11(17)18/h2-8,13H2,1H3,(H,15,16)(H,17,18). The third-order valence-electron chi connectivity index (χ3n) is 2.97. The zero-order chi connectivity index (χ0) is 14.2. The van der Waals surface area contributed by atoms with Crippen LogP contribution < -0.4 is 5.73 Å². The lowest BCUT2D eigenvalue weighted by Gasteiger charge is -2.28. The number of carbonyl (C=O) groups excluding carboxylic acids is 1. The van der Waals surface area contributed by atoms with E-state index < -0.39 is 17.5 Å². The van der Waals surface area contributed by atoms with E-state index in [9.17, 15) is 14.4 Å². The van der Waals surface area contributed by atoms with E-state index in [1.807, 2.05) is 0 Å². The molecule has 0 aromatic rings. The molecule has 4 N–H and O–H groups in total. The van der Waals surface area contributed by atoms with Crippen molar-refractivity contribution in [1.29, 1.82) is 0 Å². The molecule has 0 spiro atoms. The van der Waals surface area contributed by atoms with Gasteiger partial charge in [0.2, 0.25) is 0 Å². The third kappa shape index (κ3) is 7.78. The molecule has 0 rings (SSSR count). The van der Waals surface area contributed by atoms with E-state index in [0.29, 0.717) is 12.8 Å². The summed E-state index contributed by atoms with van der Waals surface area (Å²) in [7, 11) is 0. The Morgan fingerprint density at radius 3 is 1.67 bits per heavy atom. The van der Waals surface area contributed by atoms with Crippen molar-refractivity contribution < 1.29 is 24.6 Å². The first-order valence-corrected chi connectivity index (χ1v) is 6.03. The van der Waals surface area contributed by atoms with Gasteiger partial charge in [-0.3, -0.25) is 14.4 Å². The fourth-order valence-electron chi connectivity index (χ4n) is 1.65. The second-order valence-corrected chi connectivity index (χ2v) is 4.54.